The smallest absolute Gasteiger partial charge is 0.347 e. The molecule has 2 rings (SSSR count). The molecule has 0 aromatic heterocycles. The van der Waals surface area contributed by atoms with E-state index in [1.807, 2.05) is 0 Å². The Labute approximate surface area is 105 Å². The Kier molecular flexibility index (Phi) is 3.50. The molecule has 1 heterocycles. The van der Waals surface area contributed by atoms with Crippen molar-refractivity contribution in [3.05, 3.63) is 23.8 Å². The molecular weight excluding hydrogens is 236 g/mol. The number of hydrogen-bond donors (Lipinski definition) is 0. The predicted octanol–water partition coefficient (Wildman–Crippen LogP) is 1.59. The summed E-state index contributed by atoms with van der Waals surface area (Å²) < 4.78 is 15.4. The highest BCUT2D eigenvalue weighted by molar-refractivity contribution is 5.97. The second-order valence-electron chi connectivity index (χ2n) is 3.98. The number of ketones is 1. The van der Waals surface area contributed by atoms with Crippen molar-refractivity contribution in [1.29, 1.82) is 0 Å². The quantitative estimate of drug-likeness (QED) is 0.600. The average molecular weight is 250 g/mol. The largest absolute Gasteiger partial charge is 0.497 e. The van der Waals surface area contributed by atoms with Crippen LogP contribution in [0, 0.1) is 0 Å². The van der Waals surface area contributed by atoms with Gasteiger partial charge in [0.25, 0.3) is 0 Å². The van der Waals surface area contributed by atoms with Crippen molar-refractivity contribution in [2.45, 2.75) is 19.4 Å². The van der Waals surface area contributed by atoms with Crippen molar-refractivity contribution in [2.75, 3.05) is 13.7 Å². The van der Waals surface area contributed by atoms with E-state index in [4.69, 9.17) is 14.2 Å². The lowest BCUT2D eigenvalue weighted by molar-refractivity contribution is -0.143. The minimum Gasteiger partial charge on any atom is -0.497 e. The summed E-state index contributed by atoms with van der Waals surface area (Å²) in [4.78, 5) is 22.8. The summed E-state index contributed by atoms with van der Waals surface area (Å²) in [6.07, 6.45) is -0.150. The highest BCUT2D eigenvalue weighted by Crippen LogP contribution is 2.27. The summed E-state index contributed by atoms with van der Waals surface area (Å²) >= 11 is 0. The van der Waals surface area contributed by atoms with Gasteiger partial charge < -0.3 is 14.2 Å². The number of carbonyl (C=O) groups is 2. The van der Waals surface area contributed by atoms with Crippen LogP contribution in [0.5, 0.6) is 11.5 Å². The Balaban J connectivity index is 2.28. The lowest BCUT2D eigenvalue weighted by atomic mass is 10.1. The van der Waals surface area contributed by atoms with Crippen LogP contribution >= 0.6 is 0 Å². The normalized spacial score (nSPS) is 18.3. The second-order valence-corrected chi connectivity index (χ2v) is 3.98. The van der Waals surface area contributed by atoms with Gasteiger partial charge in [0.15, 0.2) is 11.9 Å². The van der Waals surface area contributed by atoms with E-state index in [0.717, 1.165) is 0 Å². The van der Waals surface area contributed by atoms with E-state index in [9.17, 15) is 9.59 Å². The van der Waals surface area contributed by atoms with Crippen molar-refractivity contribution in [1.82, 2.24) is 0 Å². The summed E-state index contributed by atoms with van der Waals surface area (Å²) in [5, 5.41) is 0. The fourth-order valence-corrected chi connectivity index (χ4v) is 1.76. The van der Waals surface area contributed by atoms with Gasteiger partial charge in [0.2, 0.25) is 0 Å². The minimum absolute atomic E-state index is 0.126. The first-order valence-electron chi connectivity index (χ1n) is 5.64. The monoisotopic (exact) mass is 250 g/mol. The number of benzene rings is 1. The minimum atomic E-state index is -0.643. The molecule has 1 saturated heterocycles. The Morgan fingerprint density at radius 3 is 2.78 bits per heavy atom. The van der Waals surface area contributed by atoms with Crippen molar-refractivity contribution in [3.8, 4) is 11.5 Å². The molecule has 0 bridgehead atoms. The second kappa shape index (κ2) is 5.08. The molecule has 1 aliphatic heterocycles. The number of carbonyl (C=O) groups excluding carboxylic acids is 2. The first kappa shape index (κ1) is 12.4. The number of cyclic esters (lactones) is 1. The van der Waals surface area contributed by atoms with Crippen molar-refractivity contribution < 1.29 is 23.8 Å². The Morgan fingerprint density at radius 1 is 1.44 bits per heavy atom. The fourth-order valence-electron chi connectivity index (χ4n) is 1.76. The fraction of sp³-hybridized carbons (Fsp3) is 0.385. The van der Waals surface area contributed by atoms with Gasteiger partial charge in [0.1, 0.15) is 11.5 Å². The molecule has 96 valence electrons. The van der Waals surface area contributed by atoms with Crippen molar-refractivity contribution in [2.24, 2.45) is 0 Å². The molecule has 0 spiro atoms. The molecule has 0 saturated carbocycles. The van der Waals surface area contributed by atoms with Gasteiger partial charge >= 0.3 is 5.97 Å². The summed E-state index contributed by atoms with van der Waals surface area (Å²) in [5.74, 6) is 0.401. The lowest BCUT2D eigenvalue weighted by Gasteiger charge is -2.14. The molecule has 1 atom stereocenters. The molecule has 1 aromatic rings. The standard InChI is InChI=1S/C13H14O5/c1-8(14)10-4-3-9(16-2)7-12(10)18-11-5-6-17-13(11)15/h3-4,7,11H,5-6H2,1-2H3. The van der Waals surface area contributed by atoms with Gasteiger partial charge in [-0.1, -0.05) is 0 Å². The SMILES string of the molecule is COc1ccc(C(C)=O)c(OC2CCOC2=O)c1. The molecule has 1 aliphatic rings. The third-order valence-electron chi connectivity index (χ3n) is 2.72. The molecule has 1 unspecified atom stereocenters. The molecule has 0 aliphatic carbocycles. The van der Waals surface area contributed by atoms with E-state index in [1.54, 1.807) is 18.2 Å². The number of esters is 1. The third kappa shape index (κ3) is 2.45. The Bertz CT molecular complexity index is 480. The zero-order valence-electron chi connectivity index (χ0n) is 10.3. The molecule has 5 heteroatoms. The van der Waals surface area contributed by atoms with Gasteiger partial charge in [-0.2, -0.15) is 0 Å². The van der Waals surface area contributed by atoms with Crippen LogP contribution < -0.4 is 9.47 Å². The maximum atomic E-state index is 11.5. The number of Topliss-reactive ketones (excluding diaryl/α,β-unsaturated/α-hetero) is 1. The highest BCUT2D eigenvalue weighted by atomic mass is 16.6. The Hall–Kier alpha value is -2.04. The van der Waals surface area contributed by atoms with Gasteiger partial charge in [-0.15, -0.1) is 0 Å². The molecule has 0 N–H and O–H groups in total. The van der Waals surface area contributed by atoms with Crippen LogP contribution in [0.1, 0.15) is 23.7 Å². The van der Waals surface area contributed by atoms with Crippen LogP contribution in [0.15, 0.2) is 18.2 Å². The first-order chi connectivity index (χ1) is 8.61. The summed E-state index contributed by atoms with van der Waals surface area (Å²) in [5.41, 5.74) is 0.426. The van der Waals surface area contributed by atoms with E-state index >= 15 is 0 Å². The topological polar surface area (TPSA) is 61.8 Å². The number of rotatable bonds is 4. The average Bonchev–Trinajstić information content (AvgIpc) is 2.74. The first-order valence-corrected chi connectivity index (χ1v) is 5.64. The van der Waals surface area contributed by atoms with Crippen molar-refractivity contribution in [3.63, 3.8) is 0 Å². The van der Waals surface area contributed by atoms with Gasteiger partial charge in [-0.05, 0) is 19.1 Å². The van der Waals surface area contributed by atoms with Crippen LogP contribution in [-0.2, 0) is 9.53 Å². The Morgan fingerprint density at radius 2 is 2.22 bits per heavy atom. The summed E-state index contributed by atoms with van der Waals surface area (Å²) in [6, 6.07) is 4.90. The van der Waals surface area contributed by atoms with E-state index < -0.39 is 12.1 Å². The highest BCUT2D eigenvalue weighted by Gasteiger charge is 2.29. The van der Waals surface area contributed by atoms with Crippen LogP contribution in [0.3, 0.4) is 0 Å². The van der Waals surface area contributed by atoms with Crippen LogP contribution in [0.25, 0.3) is 0 Å². The van der Waals surface area contributed by atoms with E-state index in [1.165, 1.54) is 14.0 Å². The van der Waals surface area contributed by atoms with Crippen LogP contribution in [0.4, 0.5) is 0 Å². The third-order valence-corrected chi connectivity index (χ3v) is 2.72. The molecule has 18 heavy (non-hydrogen) atoms. The maximum Gasteiger partial charge on any atom is 0.347 e. The van der Waals surface area contributed by atoms with Gasteiger partial charge in [0.05, 0.1) is 19.3 Å². The molecule has 5 nitrogen and oxygen atoms in total. The van der Waals surface area contributed by atoms with Gasteiger partial charge in [-0.25, -0.2) is 4.79 Å². The van der Waals surface area contributed by atoms with E-state index in [-0.39, 0.29) is 5.78 Å². The van der Waals surface area contributed by atoms with Crippen LogP contribution in [-0.4, -0.2) is 31.6 Å². The zero-order chi connectivity index (χ0) is 13.1. The summed E-state index contributed by atoms with van der Waals surface area (Å²) in [7, 11) is 1.52. The predicted molar refractivity (Wildman–Crippen MR) is 63.0 cm³/mol. The van der Waals surface area contributed by atoms with Gasteiger partial charge in [-0.3, -0.25) is 4.79 Å². The zero-order valence-corrected chi connectivity index (χ0v) is 10.3. The molecule has 0 radical (unpaired) electrons. The van der Waals surface area contributed by atoms with E-state index in [2.05, 4.69) is 0 Å². The lowest BCUT2D eigenvalue weighted by Crippen LogP contribution is -2.22. The van der Waals surface area contributed by atoms with Gasteiger partial charge in [0, 0.05) is 12.5 Å². The van der Waals surface area contributed by atoms with Crippen molar-refractivity contribution >= 4 is 11.8 Å². The number of methoxy groups -OCH3 is 1. The molecule has 0 amide bonds. The number of hydrogen-bond acceptors (Lipinski definition) is 5. The van der Waals surface area contributed by atoms with E-state index in [0.29, 0.717) is 30.1 Å². The molecule has 1 aromatic carbocycles. The molecule has 1 fully saturated rings. The summed E-state index contributed by atoms with van der Waals surface area (Å²) in [6.45, 7) is 1.80. The maximum absolute atomic E-state index is 11.5. The number of ether oxygens (including phenoxy) is 3. The van der Waals surface area contributed by atoms with Crippen LogP contribution in [0.2, 0.25) is 0 Å². The molecular formula is C13H14O5.